The topological polar surface area (TPSA) is 116 Å². The molecule has 3 aliphatic rings. The molecule has 1 aliphatic carbocycles. The number of aliphatic hydroxyl groups is 1. The van der Waals surface area contributed by atoms with Gasteiger partial charge < -0.3 is 24.4 Å². The Bertz CT molecular complexity index is 2050. The number of halogens is 6. The Balaban J connectivity index is 1.29. The zero-order chi connectivity index (χ0) is 42.8. The number of allylic oxidation sites excluding steroid dienone is 1. The monoisotopic (exact) mass is 846 g/mol. The van der Waals surface area contributed by atoms with E-state index in [0.29, 0.717) is 48.0 Å². The smallest absolute Gasteiger partial charge is 0.425 e. The number of nitriles is 1. The number of carbonyl (C=O) groups is 2. The highest BCUT2D eigenvalue weighted by Crippen LogP contribution is 2.50. The number of nitrogens with zero attached hydrogens (tertiary/aromatic N) is 4. The van der Waals surface area contributed by atoms with Gasteiger partial charge in [0.2, 0.25) is 5.60 Å². The van der Waals surface area contributed by atoms with Gasteiger partial charge >= 0.3 is 12.4 Å². The summed E-state index contributed by atoms with van der Waals surface area (Å²) >= 11 is 0.378. The second kappa shape index (κ2) is 17.1. The van der Waals surface area contributed by atoms with E-state index in [0.717, 1.165) is 43.1 Å². The van der Waals surface area contributed by atoms with Crippen LogP contribution in [0.4, 0.5) is 26.3 Å². The van der Waals surface area contributed by atoms with E-state index in [1.165, 1.54) is 9.80 Å². The van der Waals surface area contributed by atoms with E-state index < -0.39 is 57.2 Å². The molecule has 2 aromatic heterocycles. The summed E-state index contributed by atoms with van der Waals surface area (Å²) in [7, 11) is 0. The van der Waals surface area contributed by atoms with Crippen molar-refractivity contribution in [1.82, 2.24) is 14.8 Å². The molecule has 16 heteroatoms. The number of likely N-dealkylation sites (tertiary alicyclic amines) is 2. The highest BCUT2D eigenvalue weighted by Gasteiger charge is 2.57. The third-order valence-corrected chi connectivity index (χ3v) is 13.3. The van der Waals surface area contributed by atoms with Gasteiger partial charge in [-0.2, -0.15) is 31.6 Å². The van der Waals surface area contributed by atoms with Crippen LogP contribution in [0.5, 0.6) is 11.5 Å². The maximum absolute atomic E-state index is 15.1. The number of benzene rings is 1. The lowest BCUT2D eigenvalue weighted by Gasteiger charge is -2.51. The second-order valence-electron chi connectivity index (χ2n) is 16.0. The molecule has 4 heterocycles. The van der Waals surface area contributed by atoms with Crippen molar-refractivity contribution in [3.8, 4) is 17.6 Å². The van der Waals surface area contributed by atoms with Gasteiger partial charge in [-0.1, -0.05) is 44.5 Å². The van der Waals surface area contributed by atoms with Gasteiger partial charge in [-0.3, -0.25) is 14.6 Å². The number of amides is 2. The van der Waals surface area contributed by atoms with Crippen molar-refractivity contribution in [2.75, 3.05) is 19.6 Å². The number of aliphatic hydroxyl groups excluding tert-OH is 1. The van der Waals surface area contributed by atoms with Crippen LogP contribution in [0, 0.1) is 16.7 Å². The van der Waals surface area contributed by atoms with Crippen molar-refractivity contribution in [2.24, 2.45) is 5.41 Å². The van der Waals surface area contributed by atoms with Crippen molar-refractivity contribution < 1.29 is 50.5 Å². The molecular formula is C43H48F6N4O5S. The molecule has 2 saturated heterocycles. The maximum atomic E-state index is 15.1. The number of hydrogen-bond donors (Lipinski definition) is 1. The quantitative estimate of drug-likeness (QED) is 0.135. The van der Waals surface area contributed by atoms with Crippen molar-refractivity contribution >= 4 is 23.2 Å². The maximum Gasteiger partial charge on any atom is 0.425 e. The minimum Gasteiger partial charge on any atom is -0.512 e. The van der Waals surface area contributed by atoms with Crippen LogP contribution in [0.25, 0.3) is 0 Å². The summed E-state index contributed by atoms with van der Waals surface area (Å²) in [5, 5.41) is 22.1. The summed E-state index contributed by atoms with van der Waals surface area (Å²) in [6.07, 6.45) is -3.18. The highest BCUT2D eigenvalue weighted by molar-refractivity contribution is 7.10. The zero-order valence-electron chi connectivity index (χ0n) is 33.0. The second-order valence-corrected chi connectivity index (χ2v) is 16.9. The first-order valence-electron chi connectivity index (χ1n) is 19.9. The molecule has 0 radical (unpaired) electrons. The van der Waals surface area contributed by atoms with Gasteiger partial charge in [-0.25, -0.2) is 0 Å². The van der Waals surface area contributed by atoms with E-state index >= 15 is 4.79 Å². The van der Waals surface area contributed by atoms with E-state index in [4.69, 9.17) is 9.47 Å². The lowest BCUT2D eigenvalue weighted by Crippen LogP contribution is -2.68. The molecule has 1 aromatic carbocycles. The van der Waals surface area contributed by atoms with Gasteiger partial charge in [0.15, 0.2) is 0 Å². The minimum atomic E-state index is -4.89. The molecule has 0 spiro atoms. The lowest BCUT2D eigenvalue weighted by molar-refractivity contribution is -0.160. The fourth-order valence-electron chi connectivity index (χ4n) is 8.91. The molecule has 3 fully saturated rings. The van der Waals surface area contributed by atoms with Crippen molar-refractivity contribution in [3.63, 3.8) is 0 Å². The van der Waals surface area contributed by atoms with Crippen LogP contribution in [0.15, 0.2) is 66.5 Å². The summed E-state index contributed by atoms with van der Waals surface area (Å²) < 4.78 is 96.5. The third kappa shape index (κ3) is 8.76. The molecule has 0 bridgehead atoms. The van der Waals surface area contributed by atoms with Crippen LogP contribution in [-0.4, -0.2) is 69.1 Å². The fraction of sp³-hybridized carbons (Fsp3) is 0.535. The number of para-hydroxylation sites is 1. The Labute approximate surface area is 343 Å². The zero-order valence-corrected chi connectivity index (χ0v) is 33.8. The number of carbonyl (C=O) groups excluding carboxylic acids is 2. The Morgan fingerprint density at radius 3 is 2.36 bits per heavy atom. The van der Waals surface area contributed by atoms with Crippen molar-refractivity contribution in [1.29, 1.82) is 5.26 Å². The van der Waals surface area contributed by atoms with E-state index in [2.05, 4.69) is 17.6 Å². The first-order chi connectivity index (χ1) is 27.9. The number of piperidine rings is 2. The van der Waals surface area contributed by atoms with Gasteiger partial charge in [0, 0.05) is 60.9 Å². The third-order valence-electron chi connectivity index (χ3n) is 12.4. The number of alkyl halides is 6. The first kappa shape index (κ1) is 43.8. The van der Waals surface area contributed by atoms with Crippen molar-refractivity contribution in [3.05, 3.63) is 88.1 Å². The summed E-state index contributed by atoms with van der Waals surface area (Å²) in [6, 6.07) is 10.0. The standard InChI is InChI=1S/C43H48F6N4O5S/c1-4-9-35-41(58-30-24-36(59-26-30)43(47,48)49,16-8-21-53(35)37(55)31-25-51-20-13-32(31)42(44,45)46)38(56)52-22-18-40(27-50,19-23-52)33-10-5-6-11-34(33)57-28(2)12-17-39(29(3)54)14-7-15-39/h5-6,10-11,13,20,24-26,28,35,54H,3-4,7-9,12,14-19,21-23H2,1-2H3/t28?,35-,41+/m1/s1. The highest BCUT2D eigenvalue weighted by atomic mass is 32.1. The van der Waals surface area contributed by atoms with Gasteiger partial charge in [0.1, 0.15) is 16.4 Å². The molecule has 1 unspecified atom stereocenters. The van der Waals surface area contributed by atoms with E-state index in [-0.39, 0.29) is 74.8 Å². The van der Waals surface area contributed by atoms with Crippen molar-refractivity contribution in [2.45, 2.75) is 120 Å². The number of hydrogen-bond acceptors (Lipinski definition) is 8. The molecule has 318 valence electrons. The van der Waals surface area contributed by atoms with E-state index in [1.54, 1.807) is 25.1 Å². The molecule has 3 atom stereocenters. The summed E-state index contributed by atoms with van der Waals surface area (Å²) in [5.74, 6) is -1.20. The molecular weight excluding hydrogens is 799 g/mol. The largest absolute Gasteiger partial charge is 0.512 e. The molecule has 1 N–H and O–H groups in total. The van der Waals surface area contributed by atoms with Crippen LogP contribution in [0.3, 0.4) is 0 Å². The van der Waals surface area contributed by atoms with Crippen LogP contribution in [0.1, 0.15) is 111 Å². The normalized spacial score (nSPS) is 22.1. The fourth-order valence-corrected chi connectivity index (χ4v) is 9.59. The van der Waals surface area contributed by atoms with Crippen LogP contribution in [0.2, 0.25) is 0 Å². The molecule has 6 rings (SSSR count). The molecule has 1 saturated carbocycles. The Hall–Kier alpha value is -4.78. The Kier molecular flexibility index (Phi) is 12.7. The first-order valence-corrected chi connectivity index (χ1v) is 20.8. The summed E-state index contributed by atoms with van der Waals surface area (Å²) in [5.41, 5.74) is -4.65. The Morgan fingerprint density at radius 2 is 1.76 bits per heavy atom. The SMILES string of the molecule is C=C(O)C1(CCC(C)Oc2ccccc2C2(C#N)CCN(C(=O)[C@]3(Oc4csc(C(F)(F)F)c4)CCCN(C(=O)c4cnccc4C(F)(F)F)[C@@H]3CCC)CC2)CCC1. The number of ether oxygens (including phenoxy) is 2. The van der Waals surface area contributed by atoms with Gasteiger partial charge in [0.25, 0.3) is 11.8 Å². The number of aromatic nitrogens is 1. The number of pyridine rings is 1. The molecule has 59 heavy (non-hydrogen) atoms. The van der Waals surface area contributed by atoms with Gasteiger partial charge in [-0.15, -0.1) is 11.3 Å². The predicted molar refractivity (Wildman–Crippen MR) is 208 cm³/mol. The average molecular weight is 847 g/mol. The minimum absolute atomic E-state index is 0.0317. The number of thiophene rings is 1. The Morgan fingerprint density at radius 1 is 1.05 bits per heavy atom. The van der Waals surface area contributed by atoms with Gasteiger partial charge in [0.05, 0.1) is 40.5 Å². The molecule has 3 aromatic rings. The lowest BCUT2D eigenvalue weighted by atomic mass is 9.65. The molecule has 2 amide bonds. The van der Waals surface area contributed by atoms with Crippen LogP contribution in [-0.2, 0) is 22.6 Å². The van der Waals surface area contributed by atoms with Crippen LogP contribution >= 0.6 is 11.3 Å². The molecule has 2 aliphatic heterocycles. The predicted octanol–water partition coefficient (Wildman–Crippen LogP) is 10.3. The van der Waals surface area contributed by atoms with E-state index in [1.807, 2.05) is 13.0 Å². The summed E-state index contributed by atoms with van der Waals surface area (Å²) in [6.45, 7) is 7.51. The number of rotatable bonds is 13. The van der Waals surface area contributed by atoms with E-state index in [9.17, 15) is 41.5 Å². The van der Waals surface area contributed by atoms with Gasteiger partial charge in [-0.05, 0) is 70.4 Å². The average Bonchev–Trinajstić information content (AvgIpc) is 3.67. The van der Waals surface area contributed by atoms with Crippen LogP contribution < -0.4 is 9.47 Å². The summed E-state index contributed by atoms with van der Waals surface area (Å²) in [4.78, 5) is 34.7. The molecule has 9 nitrogen and oxygen atoms in total.